The third kappa shape index (κ3) is 4.13. The Balaban J connectivity index is 1.91. The Hall–Kier alpha value is -2.70. The molecule has 0 bridgehead atoms. The van der Waals surface area contributed by atoms with E-state index < -0.39 is 5.97 Å². The molecule has 1 aromatic heterocycles. The Kier molecular flexibility index (Phi) is 4.65. The summed E-state index contributed by atoms with van der Waals surface area (Å²) in [5.74, 6) is -0.486. The molecule has 21 heavy (non-hydrogen) atoms. The molecule has 0 saturated carbocycles. The number of rotatable bonds is 7. The Morgan fingerprint density at radius 1 is 1.33 bits per heavy atom. The molecule has 0 unspecified atom stereocenters. The van der Waals surface area contributed by atoms with Gasteiger partial charge in [-0.05, 0) is 19.1 Å². The van der Waals surface area contributed by atoms with Crippen LogP contribution in [-0.2, 0) is 17.8 Å². The molecule has 2 rings (SSSR count). The van der Waals surface area contributed by atoms with Gasteiger partial charge in [0.25, 0.3) is 0 Å². The van der Waals surface area contributed by atoms with Crippen LogP contribution in [0.5, 0.6) is 5.75 Å². The first kappa shape index (κ1) is 14.7. The number of ether oxygens (including phenoxy) is 1. The van der Waals surface area contributed by atoms with Crippen molar-refractivity contribution < 1.29 is 19.4 Å². The zero-order valence-electron chi connectivity index (χ0n) is 11.5. The number of benzene rings is 1. The average Bonchev–Trinajstić information content (AvgIpc) is 2.86. The zero-order valence-corrected chi connectivity index (χ0v) is 11.5. The summed E-state index contributed by atoms with van der Waals surface area (Å²) >= 11 is 0. The van der Waals surface area contributed by atoms with Crippen molar-refractivity contribution >= 4 is 11.8 Å². The summed E-state index contributed by atoms with van der Waals surface area (Å²) in [5.41, 5.74) is 0.925. The minimum absolute atomic E-state index is 0.0601. The van der Waals surface area contributed by atoms with E-state index in [1.54, 1.807) is 30.5 Å². The van der Waals surface area contributed by atoms with E-state index in [2.05, 4.69) is 10.3 Å². The van der Waals surface area contributed by atoms with Crippen molar-refractivity contribution in [2.24, 2.45) is 0 Å². The van der Waals surface area contributed by atoms with Crippen LogP contribution in [0.4, 0.5) is 0 Å². The topological polar surface area (TPSA) is 94.3 Å². The second-order valence-electron chi connectivity index (χ2n) is 4.44. The SMILES string of the molecule is CC(=O)c1ccccc1OCCn1cc(CC(=O)O)nn1. The van der Waals surface area contributed by atoms with Gasteiger partial charge in [-0.1, -0.05) is 17.3 Å². The van der Waals surface area contributed by atoms with E-state index >= 15 is 0 Å². The van der Waals surface area contributed by atoms with Gasteiger partial charge in [-0.15, -0.1) is 5.10 Å². The summed E-state index contributed by atoms with van der Waals surface area (Å²) in [5, 5.41) is 16.2. The van der Waals surface area contributed by atoms with Gasteiger partial charge in [-0.25, -0.2) is 4.68 Å². The highest BCUT2D eigenvalue weighted by Gasteiger charge is 2.08. The van der Waals surface area contributed by atoms with Crippen LogP contribution in [-0.4, -0.2) is 38.5 Å². The molecule has 1 heterocycles. The van der Waals surface area contributed by atoms with Crippen LogP contribution in [0.2, 0.25) is 0 Å². The van der Waals surface area contributed by atoms with Crippen molar-refractivity contribution in [3.05, 3.63) is 41.7 Å². The van der Waals surface area contributed by atoms with E-state index in [1.165, 1.54) is 11.6 Å². The van der Waals surface area contributed by atoms with E-state index in [4.69, 9.17) is 9.84 Å². The van der Waals surface area contributed by atoms with Crippen LogP contribution >= 0.6 is 0 Å². The van der Waals surface area contributed by atoms with Crippen LogP contribution in [0.25, 0.3) is 0 Å². The Morgan fingerprint density at radius 3 is 2.81 bits per heavy atom. The van der Waals surface area contributed by atoms with E-state index in [-0.39, 0.29) is 12.2 Å². The minimum Gasteiger partial charge on any atom is -0.491 e. The van der Waals surface area contributed by atoms with Gasteiger partial charge in [0.15, 0.2) is 5.78 Å². The van der Waals surface area contributed by atoms with Crippen molar-refractivity contribution in [1.82, 2.24) is 15.0 Å². The number of ketones is 1. The summed E-state index contributed by atoms with van der Waals surface area (Å²) in [6.45, 7) is 2.21. The molecular formula is C14H15N3O4. The van der Waals surface area contributed by atoms with Crippen LogP contribution < -0.4 is 4.74 Å². The molecule has 2 aromatic rings. The normalized spacial score (nSPS) is 10.3. The highest BCUT2D eigenvalue weighted by Crippen LogP contribution is 2.18. The van der Waals surface area contributed by atoms with Gasteiger partial charge in [-0.3, -0.25) is 9.59 Å². The predicted molar refractivity (Wildman–Crippen MR) is 73.3 cm³/mol. The predicted octanol–water partition coefficient (Wildman–Crippen LogP) is 1.19. The molecule has 0 atom stereocenters. The smallest absolute Gasteiger partial charge is 0.309 e. The molecule has 0 aliphatic carbocycles. The van der Waals surface area contributed by atoms with Crippen LogP contribution in [0.1, 0.15) is 23.0 Å². The van der Waals surface area contributed by atoms with Crippen molar-refractivity contribution in [3.63, 3.8) is 0 Å². The second-order valence-corrected chi connectivity index (χ2v) is 4.44. The van der Waals surface area contributed by atoms with Gasteiger partial charge in [0.2, 0.25) is 0 Å². The van der Waals surface area contributed by atoms with E-state index in [9.17, 15) is 9.59 Å². The summed E-state index contributed by atoms with van der Waals surface area (Å²) in [6, 6.07) is 7.01. The van der Waals surface area contributed by atoms with Crippen LogP contribution in [0.3, 0.4) is 0 Å². The third-order valence-corrected chi connectivity index (χ3v) is 2.76. The van der Waals surface area contributed by atoms with Crippen LogP contribution in [0.15, 0.2) is 30.5 Å². The second kappa shape index (κ2) is 6.65. The first-order valence-electron chi connectivity index (χ1n) is 6.40. The Morgan fingerprint density at radius 2 is 2.10 bits per heavy atom. The Labute approximate surface area is 121 Å². The summed E-state index contributed by atoms with van der Waals surface area (Å²) < 4.78 is 7.08. The number of carbonyl (C=O) groups excluding carboxylic acids is 1. The van der Waals surface area contributed by atoms with Gasteiger partial charge in [-0.2, -0.15) is 0 Å². The molecule has 7 heteroatoms. The largest absolute Gasteiger partial charge is 0.491 e. The molecule has 0 aliphatic rings. The first-order valence-corrected chi connectivity index (χ1v) is 6.40. The lowest BCUT2D eigenvalue weighted by molar-refractivity contribution is -0.136. The van der Waals surface area contributed by atoms with Crippen LogP contribution in [0, 0.1) is 0 Å². The molecule has 0 saturated heterocycles. The maximum Gasteiger partial charge on any atom is 0.309 e. The molecule has 0 spiro atoms. The van der Waals surface area contributed by atoms with E-state index in [0.717, 1.165) is 0 Å². The number of carbonyl (C=O) groups is 2. The lowest BCUT2D eigenvalue weighted by atomic mass is 10.1. The van der Waals surface area contributed by atoms with Gasteiger partial charge in [0.1, 0.15) is 12.4 Å². The molecular weight excluding hydrogens is 274 g/mol. The number of aliphatic carboxylic acids is 1. The first-order chi connectivity index (χ1) is 10.1. The van der Waals surface area contributed by atoms with E-state index in [0.29, 0.717) is 30.2 Å². The fraction of sp³-hybridized carbons (Fsp3) is 0.286. The minimum atomic E-state index is -0.950. The summed E-state index contributed by atoms with van der Waals surface area (Å²) in [6.07, 6.45) is 1.41. The third-order valence-electron chi connectivity index (χ3n) is 2.76. The highest BCUT2D eigenvalue weighted by atomic mass is 16.5. The molecule has 0 radical (unpaired) electrons. The number of carboxylic acids is 1. The lowest BCUT2D eigenvalue weighted by Crippen LogP contribution is -2.10. The molecule has 0 aliphatic heterocycles. The molecule has 7 nitrogen and oxygen atoms in total. The molecule has 1 aromatic carbocycles. The van der Waals surface area contributed by atoms with Crippen molar-refractivity contribution in [3.8, 4) is 5.75 Å². The standard InChI is InChI=1S/C14H15N3O4/c1-10(18)12-4-2-3-5-13(12)21-7-6-17-9-11(15-16-17)8-14(19)20/h2-5,9H,6-8H2,1H3,(H,19,20). The number of nitrogens with zero attached hydrogens (tertiary/aromatic N) is 3. The summed E-state index contributed by atoms with van der Waals surface area (Å²) in [4.78, 5) is 22.0. The maximum absolute atomic E-state index is 11.4. The highest BCUT2D eigenvalue weighted by molar-refractivity contribution is 5.96. The number of carboxylic acid groups (broad SMARTS) is 1. The molecule has 0 amide bonds. The monoisotopic (exact) mass is 289 g/mol. The van der Waals surface area contributed by atoms with Gasteiger partial charge in [0, 0.05) is 6.20 Å². The number of para-hydroxylation sites is 1. The number of hydrogen-bond acceptors (Lipinski definition) is 5. The van der Waals surface area contributed by atoms with Crippen molar-refractivity contribution in [1.29, 1.82) is 0 Å². The van der Waals surface area contributed by atoms with Gasteiger partial charge < -0.3 is 9.84 Å². The summed E-state index contributed by atoms with van der Waals surface area (Å²) in [7, 11) is 0. The zero-order chi connectivity index (χ0) is 15.2. The van der Waals surface area contributed by atoms with Crippen molar-refractivity contribution in [2.45, 2.75) is 19.9 Å². The molecule has 1 N–H and O–H groups in total. The molecule has 0 fully saturated rings. The number of aromatic nitrogens is 3. The fourth-order valence-corrected chi connectivity index (χ4v) is 1.82. The molecule has 110 valence electrons. The average molecular weight is 289 g/mol. The number of Topliss-reactive ketones (excluding diaryl/α,β-unsaturated/α-hetero) is 1. The van der Waals surface area contributed by atoms with Crippen molar-refractivity contribution in [2.75, 3.05) is 6.61 Å². The Bertz CT molecular complexity index is 651. The lowest BCUT2D eigenvalue weighted by Gasteiger charge is -2.09. The fourth-order valence-electron chi connectivity index (χ4n) is 1.82. The number of hydrogen-bond donors (Lipinski definition) is 1. The van der Waals surface area contributed by atoms with Gasteiger partial charge >= 0.3 is 5.97 Å². The maximum atomic E-state index is 11.4. The quantitative estimate of drug-likeness (QED) is 0.769. The van der Waals surface area contributed by atoms with Gasteiger partial charge in [0.05, 0.1) is 24.2 Å². The van der Waals surface area contributed by atoms with E-state index in [1.807, 2.05) is 0 Å².